The highest BCUT2D eigenvalue weighted by molar-refractivity contribution is 5.74. The second-order valence-corrected chi connectivity index (χ2v) is 4.66. The number of carbonyl (C=O) groups excluding carboxylic acids is 2. The Morgan fingerprint density at radius 3 is 2.52 bits per heavy atom. The summed E-state index contributed by atoms with van der Waals surface area (Å²) in [7, 11) is 0. The molecule has 1 saturated heterocycles. The number of hydrogen-bond donors (Lipinski definition) is 1. The van der Waals surface area contributed by atoms with E-state index in [1.807, 2.05) is 0 Å². The molecule has 6 nitrogen and oxygen atoms in total. The van der Waals surface area contributed by atoms with Crippen molar-refractivity contribution < 1.29 is 18.7 Å². The van der Waals surface area contributed by atoms with E-state index in [0.29, 0.717) is 45.1 Å². The molecule has 1 fully saturated rings. The maximum Gasteiger partial charge on any atom is 0.317 e. The number of ether oxygens (including phenoxy) is 1. The van der Waals surface area contributed by atoms with E-state index in [9.17, 15) is 14.0 Å². The summed E-state index contributed by atoms with van der Waals surface area (Å²) < 4.78 is 18.1. The number of urea groups is 1. The normalized spacial score (nSPS) is 14.7. The van der Waals surface area contributed by atoms with E-state index in [1.165, 1.54) is 24.3 Å². The highest BCUT2D eigenvalue weighted by atomic mass is 19.1. The lowest BCUT2D eigenvalue weighted by Crippen LogP contribution is -2.51. The minimum Gasteiger partial charge on any atom is -0.492 e. The lowest BCUT2D eigenvalue weighted by atomic mass is 10.3. The molecule has 0 saturated carbocycles. The fourth-order valence-corrected chi connectivity index (χ4v) is 2.00. The topological polar surface area (TPSA) is 61.9 Å². The molecular formula is C14H18FN3O3. The van der Waals surface area contributed by atoms with Crippen LogP contribution < -0.4 is 10.1 Å². The zero-order chi connectivity index (χ0) is 15.1. The van der Waals surface area contributed by atoms with Crippen LogP contribution in [0.15, 0.2) is 24.3 Å². The predicted molar refractivity (Wildman–Crippen MR) is 74.5 cm³/mol. The Labute approximate surface area is 122 Å². The van der Waals surface area contributed by atoms with Gasteiger partial charge < -0.3 is 19.9 Å². The lowest BCUT2D eigenvalue weighted by molar-refractivity contribution is -0.119. The summed E-state index contributed by atoms with van der Waals surface area (Å²) in [6, 6.07) is 5.55. The summed E-state index contributed by atoms with van der Waals surface area (Å²) in [6.45, 7) is 2.86. The fraction of sp³-hybridized carbons (Fsp3) is 0.429. The van der Waals surface area contributed by atoms with Crippen LogP contribution in [0.4, 0.5) is 9.18 Å². The number of nitrogens with one attached hydrogen (secondary N) is 1. The second-order valence-electron chi connectivity index (χ2n) is 4.66. The molecule has 3 amide bonds. The van der Waals surface area contributed by atoms with E-state index in [2.05, 4.69) is 5.32 Å². The monoisotopic (exact) mass is 295 g/mol. The standard InChI is InChI=1S/C14H18FN3O3/c15-12-1-3-13(4-2-12)21-10-5-16-14(20)18-8-6-17(11-19)7-9-18/h1-4,11H,5-10H2,(H,16,20). The zero-order valence-corrected chi connectivity index (χ0v) is 11.6. The summed E-state index contributed by atoms with van der Waals surface area (Å²) in [4.78, 5) is 25.7. The molecule has 0 unspecified atom stereocenters. The van der Waals surface area contributed by atoms with Crippen LogP contribution in [0.2, 0.25) is 0 Å². The van der Waals surface area contributed by atoms with Gasteiger partial charge in [0.1, 0.15) is 18.2 Å². The fourth-order valence-electron chi connectivity index (χ4n) is 2.00. The van der Waals surface area contributed by atoms with Crippen molar-refractivity contribution in [2.75, 3.05) is 39.3 Å². The molecule has 0 aliphatic carbocycles. The molecule has 0 spiro atoms. The van der Waals surface area contributed by atoms with Crippen LogP contribution in [0.25, 0.3) is 0 Å². The summed E-state index contributed by atoms with van der Waals surface area (Å²) >= 11 is 0. The molecule has 7 heteroatoms. The molecule has 21 heavy (non-hydrogen) atoms. The quantitative estimate of drug-likeness (QED) is 0.642. The van der Waals surface area contributed by atoms with Crippen LogP contribution in [0, 0.1) is 5.82 Å². The Morgan fingerprint density at radius 1 is 1.24 bits per heavy atom. The molecule has 1 aliphatic heterocycles. The van der Waals surface area contributed by atoms with Gasteiger partial charge in [-0.25, -0.2) is 9.18 Å². The number of amides is 3. The minimum atomic E-state index is -0.315. The van der Waals surface area contributed by atoms with E-state index in [0.717, 1.165) is 6.41 Å². The van der Waals surface area contributed by atoms with Gasteiger partial charge in [-0.2, -0.15) is 0 Å². The van der Waals surface area contributed by atoms with Crippen LogP contribution in [-0.4, -0.2) is 61.6 Å². The summed E-state index contributed by atoms with van der Waals surface area (Å²) in [5.74, 6) is 0.246. The molecule has 1 heterocycles. The molecule has 1 aromatic carbocycles. The molecule has 2 rings (SSSR count). The zero-order valence-electron chi connectivity index (χ0n) is 11.6. The minimum absolute atomic E-state index is 0.164. The molecule has 1 aliphatic rings. The Morgan fingerprint density at radius 2 is 1.90 bits per heavy atom. The number of benzene rings is 1. The first-order chi connectivity index (χ1) is 10.2. The van der Waals surface area contributed by atoms with Crippen molar-refractivity contribution in [2.24, 2.45) is 0 Å². The molecule has 1 N–H and O–H groups in total. The molecule has 0 bridgehead atoms. The molecule has 0 radical (unpaired) electrons. The van der Waals surface area contributed by atoms with Gasteiger partial charge >= 0.3 is 6.03 Å². The summed E-state index contributed by atoms with van der Waals surface area (Å²) in [5, 5.41) is 2.75. The van der Waals surface area contributed by atoms with E-state index < -0.39 is 0 Å². The first kappa shape index (κ1) is 15.1. The maximum absolute atomic E-state index is 12.7. The average Bonchev–Trinajstić information content (AvgIpc) is 2.53. The average molecular weight is 295 g/mol. The highest BCUT2D eigenvalue weighted by Gasteiger charge is 2.19. The Kier molecular flexibility index (Phi) is 5.36. The molecule has 0 aromatic heterocycles. The molecular weight excluding hydrogens is 277 g/mol. The molecule has 0 atom stereocenters. The van der Waals surface area contributed by atoms with Crippen LogP contribution in [0.5, 0.6) is 5.75 Å². The van der Waals surface area contributed by atoms with Gasteiger partial charge in [-0.1, -0.05) is 0 Å². The van der Waals surface area contributed by atoms with Gasteiger partial charge in [0, 0.05) is 26.2 Å². The summed E-state index contributed by atoms with van der Waals surface area (Å²) in [5.41, 5.74) is 0. The largest absolute Gasteiger partial charge is 0.492 e. The van der Waals surface area contributed by atoms with Crippen molar-refractivity contribution in [1.29, 1.82) is 0 Å². The number of halogens is 1. The highest BCUT2D eigenvalue weighted by Crippen LogP contribution is 2.10. The van der Waals surface area contributed by atoms with Gasteiger partial charge in [0.25, 0.3) is 0 Å². The Balaban J connectivity index is 1.63. The van der Waals surface area contributed by atoms with E-state index >= 15 is 0 Å². The molecule has 114 valence electrons. The van der Waals surface area contributed by atoms with Crippen molar-refractivity contribution in [3.8, 4) is 5.75 Å². The van der Waals surface area contributed by atoms with Crippen LogP contribution in [0.1, 0.15) is 0 Å². The van der Waals surface area contributed by atoms with Gasteiger partial charge in [0.05, 0.1) is 6.54 Å². The third-order valence-electron chi connectivity index (χ3n) is 3.21. The van der Waals surface area contributed by atoms with E-state index in [1.54, 1.807) is 9.80 Å². The van der Waals surface area contributed by atoms with Gasteiger partial charge in [0.15, 0.2) is 0 Å². The van der Waals surface area contributed by atoms with Crippen molar-refractivity contribution in [2.45, 2.75) is 0 Å². The number of carbonyl (C=O) groups is 2. The SMILES string of the molecule is O=CN1CCN(C(=O)NCCOc2ccc(F)cc2)CC1. The van der Waals surface area contributed by atoms with Crippen molar-refractivity contribution >= 4 is 12.4 Å². The van der Waals surface area contributed by atoms with Crippen molar-refractivity contribution in [1.82, 2.24) is 15.1 Å². The Bertz CT molecular complexity index is 473. The molecule has 1 aromatic rings. The third-order valence-corrected chi connectivity index (χ3v) is 3.21. The summed E-state index contributed by atoms with van der Waals surface area (Å²) in [6.07, 6.45) is 0.797. The number of hydrogen-bond acceptors (Lipinski definition) is 3. The van der Waals surface area contributed by atoms with Gasteiger partial charge in [-0.15, -0.1) is 0 Å². The Hall–Kier alpha value is -2.31. The number of nitrogens with zero attached hydrogens (tertiary/aromatic N) is 2. The first-order valence-corrected chi connectivity index (χ1v) is 6.79. The van der Waals surface area contributed by atoms with Crippen LogP contribution in [0.3, 0.4) is 0 Å². The van der Waals surface area contributed by atoms with E-state index in [-0.39, 0.29) is 11.8 Å². The lowest BCUT2D eigenvalue weighted by Gasteiger charge is -2.32. The third kappa shape index (κ3) is 4.62. The van der Waals surface area contributed by atoms with Crippen LogP contribution >= 0.6 is 0 Å². The van der Waals surface area contributed by atoms with Crippen LogP contribution in [-0.2, 0) is 4.79 Å². The second kappa shape index (κ2) is 7.47. The van der Waals surface area contributed by atoms with E-state index in [4.69, 9.17) is 4.74 Å². The predicted octanol–water partition coefficient (Wildman–Crippen LogP) is 0.688. The smallest absolute Gasteiger partial charge is 0.317 e. The van der Waals surface area contributed by atoms with Gasteiger partial charge in [0.2, 0.25) is 6.41 Å². The maximum atomic E-state index is 12.7. The van der Waals surface area contributed by atoms with Crippen molar-refractivity contribution in [3.05, 3.63) is 30.1 Å². The van der Waals surface area contributed by atoms with Gasteiger partial charge in [-0.3, -0.25) is 4.79 Å². The first-order valence-electron chi connectivity index (χ1n) is 6.79. The number of piperazine rings is 1. The van der Waals surface area contributed by atoms with Crippen molar-refractivity contribution in [3.63, 3.8) is 0 Å². The van der Waals surface area contributed by atoms with Gasteiger partial charge in [-0.05, 0) is 24.3 Å². The number of rotatable bonds is 5.